The third-order valence-corrected chi connectivity index (χ3v) is 2.40. The molecule has 74 valence electrons. The van der Waals surface area contributed by atoms with Crippen LogP contribution >= 0.6 is 15.9 Å². The van der Waals surface area contributed by atoms with Crippen LogP contribution in [0.2, 0.25) is 0 Å². The number of ether oxygens (including phenoxy) is 1. The molecular weight excluding hydrogens is 248 g/mol. The molecule has 0 saturated carbocycles. The van der Waals surface area contributed by atoms with E-state index >= 15 is 0 Å². The molecule has 1 aromatic carbocycles. The number of esters is 1. The number of benzene rings is 1. The molecule has 0 bridgehead atoms. The molecule has 0 N–H and O–H groups in total. The molecule has 4 heteroatoms. The molecule has 0 saturated heterocycles. The lowest BCUT2D eigenvalue weighted by molar-refractivity contribution is 0.0600. The number of rotatable bonds is 2. The Morgan fingerprint density at radius 2 is 2.14 bits per heavy atom. The Morgan fingerprint density at radius 3 is 2.64 bits per heavy atom. The minimum Gasteiger partial charge on any atom is -0.465 e. The van der Waals surface area contributed by atoms with Gasteiger partial charge in [0.15, 0.2) is 0 Å². The third-order valence-electron chi connectivity index (χ3n) is 1.94. The maximum Gasteiger partial charge on any atom is 0.338 e. The highest BCUT2D eigenvalue weighted by Gasteiger charge is 2.12. The zero-order valence-electron chi connectivity index (χ0n) is 7.83. The SMILES string of the molecule is COC(=O)c1cc(Br)cc(C=O)c1C. The lowest BCUT2D eigenvalue weighted by Crippen LogP contribution is -2.05. The van der Waals surface area contributed by atoms with Crippen molar-refractivity contribution < 1.29 is 14.3 Å². The molecule has 0 aliphatic carbocycles. The fraction of sp³-hybridized carbons (Fsp3) is 0.200. The van der Waals surface area contributed by atoms with Crippen LogP contribution in [0.3, 0.4) is 0 Å². The Labute approximate surface area is 90.2 Å². The van der Waals surface area contributed by atoms with Gasteiger partial charge in [-0.05, 0) is 24.6 Å². The van der Waals surface area contributed by atoms with E-state index in [1.54, 1.807) is 19.1 Å². The van der Waals surface area contributed by atoms with Crippen LogP contribution in [0.5, 0.6) is 0 Å². The van der Waals surface area contributed by atoms with E-state index in [0.29, 0.717) is 27.4 Å². The van der Waals surface area contributed by atoms with Gasteiger partial charge in [-0.3, -0.25) is 4.79 Å². The first-order chi connectivity index (χ1) is 6.60. The van der Waals surface area contributed by atoms with Crippen LogP contribution in [-0.2, 0) is 4.74 Å². The molecule has 0 unspecified atom stereocenters. The Balaban J connectivity index is 3.36. The Morgan fingerprint density at radius 1 is 1.50 bits per heavy atom. The second kappa shape index (κ2) is 4.37. The second-order valence-corrected chi connectivity index (χ2v) is 3.69. The molecule has 0 aliphatic heterocycles. The van der Waals surface area contributed by atoms with Crippen molar-refractivity contribution in [1.29, 1.82) is 0 Å². The third kappa shape index (κ3) is 2.01. The van der Waals surface area contributed by atoms with E-state index < -0.39 is 5.97 Å². The summed E-state index contributed by atoms with van der Waals surface area (Å²) in [6, 6.07) is 3.29. The van der Waals surface area contributed by atoms with Crippen LogP contribution in [0.1, 0.15) is 26.3 Å². The van der Waals surface area contributed by atoms with Gasteiger partial charge in [-0.2, -0.15) is 0 Å². The van der Waals surface area contributed by atoms with Crippen molar-refractivity contribution in [2.45, 2.75) is 6.92 Å². The largest absolute Gasteiger partial charge is 0.465 e. The summed E-state index contributed by atoms with van der Waals surface area (Å²) >= 11 is 3.22. The van der Waals surface area contributed by atoms with Crippen molar-refractivity contribution in [3.8, 4) is 0 Å². The minimum atomic E-state index is -0.438. The van der Waals surface area contributed by atoms with E-state index in [0.717, 1.165) is 0 Å². The molecule has 14 heavy (non-hydrogen) atoms. The van der Waals surface area contributed by atoms with Gasteiger partial charge in [0.05, 0.1) is 12.7 Å². The predicted molar refractivity (Wildman–Crippen MR) is 55.6 cm³/mol. The quantitative estimate of drug-likeness (QED) is 0.603. The van der Waals surface area contributed by atoms with Crippen LogP contribution < -0.4 is 0 Å². The van der Waals surface area contributed by atoms with Crippen molar-refractivity contribution in [1.82, 2.24) is 0 Å². The van der Waals surface area contributed by atoms with E-state index in [1.807, 2.05) is 0 Å². The van der Waals surface area contributed by atoms with Crippen LogP contribution in [-0.4, -0.2) is 19.4 Å². The summed E-state index contributed by atoms with van der Waals surface area (Å²) in [5.41, 5.74) is 1.53. The summed E-state index contributed by atoms with van der Waals surface area (Å²) in [6.07, 6.45) is 0.715. The normalized spacial score (nSPS) is 9.64. The topological polar surface area (TPSA) is 43.4 Å². The van der Waals surface area contributed by atoms with Gasteiger partial charge in [0.1, 0.15) is 6.29 Å². The van der Waals surface area contributed by atoms with E-state index in [9.17, 15) is 9.59 Å². The number of halogens is 1. The van der Waals surface area contributed by atoms with Gasteiger partial charge in [-0.15, -0.1) is 0 Å². The highest BCUT2D eigenvalue weighted by atomic mass is 79.9. The summed E-state index contributed by atoms with van der Waals surface area (Å²) in [5.74, 6) is -0.438. The van der Waals surface area contributed by atoms with Crippen molar-refractivity contribution in [3.63, 3.8) is 0 Å². The van der Waals surface area contributed by atoms with Crippen LogP contribution in [0, 0.1) is 6.92 Å². The highest BCUT2D eigenvalue weighted by Crippen LogP contribution is 2.20. The maximum atomic E-state index is 11.3. The number of carbonyl (C=O) groups excluding carboxylic acids is 2. The summed E-state index contributed by atoms with van der Waals surface area (Å²) < 4.78 is 5.28. The van der Waals surface area contributed by atoms with Crippen molar-refractivity contribution in [2.75, 3.05) is 7.11 Å². The Kier molecular flexibility index (Phi) is 3.41. The molecular formula is C10H9BrO3. The van der Waals surface area contributed by atoms with Crippen LogP contribution in [0.4, 0.5) is 0 Å². The summed E-state index contributed by atoms with van der Waals surface area (Å²) in [7, 11) is 1.31. The Hall–Kier alpha value is -1.16. The number of aldehydes is 1. The Bertz CT molecular complexity index is 385. The van der Waals surface area contributed by atoms with Crippen molar-refractivity contribution in [2.24, 2.45) is 0 Å². The molecule has 0 fully saturated rings. The number of hydrogen-bond acceptors (Lipinski definition) is 3. The number of hydrogen-bond donors (Lipinski definition) is 0. The standard InChI is InChI=1S/C10H9BrO3/c1-6-7(5-12)3-8(11)4-9(6)10(13)14-2/h3-5H,1-2H3. The zero-order chi connectivity index (χ0) is 10.7. The molecule has 0 spiro atoms. The van der Waals surface area contributed by atoms with Gasteiger partial charge in [0.25, 0.3) is 0 Å². The van der Waals surface area contributed by atoms with E-state index in [1.165, 1.54) is 7.11 Å². The number of carbonyl (C=O) groups is 2. The maximum absolute atomic E-state index is 11.3. The highest BCUT2D eigenvalue weighted by molar-refractivity contribution is 9.10. The summed E-state index contributed by atoms with van der Waals surface area (Å²) in [4.78, 5) is 22.0. The lowest BCUT2D eigenvalue weighted by Gasteiger charge is -2.06. The van der Waals surface area contributed by atoms with E-state index in [4.69, 9.17) is 0 Å². The van der Waals surface area contributed by atoms with E-state index in [-0.39, 0.29) is 0 Å². The van der Waals surface area contributed by atoms with Crippen LogP contribution in [0.15, 0.2) is 16.6 Å². The lowest BCUT2D eigenvalue weighted by atomic mass is 10.0. The first-order valence-corrected chi connectivity index (χ1v) is 4.73. The molecule has 0 amide bonds. The first kappa shape index (κ1) is 10.9. The molecule has 1 rings (SSSR count). The molecule has 1 aromatic rings. The van der Waals surface area contributed by atoms with Gasteiger partial charge >= 0.3 is 5.97 Å². The fourth-order valence-electron chi connectivity index (χ4n) is 1.14. The molecule has 0 aliphatic rings. The van der Waals surface area contributed by atoms with Gasteiger partial charge in [-0.1, -0.05) is 15.9 Å². The monoisotopic (exact) mass is 256 g/mol. The number of methoxy groups -OCH3 is 1. The molecule has 0 aromatic heterocycles. The van der Waals surface area contributed by atoms with Gasteiger partial charge < -0.3 is 4.74 Å². The van der Waals surface area contributed by atoms with Gasteiger partial charge in [-0.25, -0.2) is 4.79 Å². The average molecular weight is 257 g/mol. The predicted octanol–water partition coefficient (Wildman–Crippen LogP) is 2.36. The average Bonchev–Trinajstić information content (AvgIpc) is 2.19. The molecule has 0 heterocycles. The summed E-state index contributed by atoms with van der Waals surface area (Å²) in [5, 5.41) is 0. The second-order valence-electron chi connectivity index (χ2n) is 2.78. The molecule has 3 nitrogen and oxygen atoms in total. The van der Waals surface area contributed by atoms with E-state index in [2.05, 4.69) is 20.7 Å². The molecule has 0 radical (unpaired) electrons. The first-order valence-electron chi connectivity index (χ1n) is 3.93. The van der Waals surface area contributed by atoms with Crippen LogP contribution in [0.25, 0.3) is 0 Å². The fourth-order valence-corrected chi connectivity index (χ4v) is 1.62. The van der Waals surface area contributed by atoms with Gasteiger partial charge in [0.2, 0.25) is 0 Å². The smallest absolute Gasteiger partial charge is 0.338 e. The van der Waals surface area contributed by atoms with Gasteiger partial charge in [0, 0.05) is 10.0 Å². The minimum absolute atomic E-state index is 0.406. The van der Waals surface area contributed by atoms with Crippen molar-refractivity contribution in [3.05, 3.63) is 33.3 Å². The zero-order valence-corrected chi connectivity index (χ0v) is 9.42. The summed E-state index contributed by atoms with van der Waals surface area (Å²) in [6.45, 7) is 1.71. The van der Waals surface area contributed by atoms with Crippen molar-refractivity contribution >= 4 is 28.2 Å². The molecule has 0 atom stereocenters.